The third-order valence-corrected chi connectivity index (χ3v) is 6.31. The molecule has 1 aliphatic heterocycles. The lowest BCUT2D eigenvalue weighted by Crippen LogP contribution is -2.43. The third-order valence-electron chi connectivity index (χ3n) is 6.31. The molecule has 0 unspecified atom stereocenters. The summed E-state index contributed by atoms with van der Waals surface area (Å²) in [7, 11) is 0. The van der Waals surface area contributed by atoms with Gasteiger partial charge in [-0.15, -0.1) is 0 Å². The van der Waals surface area contributed by atoms with Crippen molar-refractivity contribution in [3.05, 3.63) is 35.9 Å². The summed E-state index contributed by atoms with van der Waals surface area (Å²) in [4.78, 5) is 6.94. The van der Waals surface area contributed by atoms with E-state index in [9.17, 15) is 5.11 Å². The molecule has 3 rings (SSSR count). The molecule has 0 amide bonds. The minimum Gasteiger partial charge on any atom is -0.389 e. The van der Waals surface area contributed by atoms with E-state index in [0.717, 1.165) is 75.2 Å². The number of anilines is 1. The Labute approximate surface area is 210 Å². The van der Waals surface area contributed by atoms with Crippen LogP contribution in [-0.2, 0) is 16.0 Å². The van der Waals surface area contributed by atoms with Crippen molar-refractivity contribution in [3.63, 3.8) is 0 Å². The largest absolute Gasteiger partial charge is 0.389 e. The molecule has 1 atom stereocenters. The van der Waals surface area contributed by atoms with Gasteiger partial charge in [0.2, 0.25) is 5.88 Å². The zero-order valence-electron chi connectivity index (χ0n) is 22.0. The average Bonchev–Trinajstić information content (AvgIpc) is 3.27. The fraction of sp³-hybridized carbons (Fsp3) is 0.667. The topological polar surface area (TPSA) is 74.4 Å². The predicted octanol–water partition coefficient (Wildman–Crippen LogP) is 3.36. The number of rotatable bonds is 15. The van der Waals surface area contributed by atoms with Gasteiger partial charge in [-0.3, -0.25) is 9.80 Å². The molecule has 1 N–H and O–H groups in total. The Hall–Kier alpha value is -1.97. The second-order valence-corrected chi connectivity index (χ2v) is 9.63. The normalized spacial score (nSPS) is 15.7. The molecule has 1 aromatic heterocycles. The van der Waals surface area contributed by atoms with E-state index in [2.05, 4.69) is 59.7 Å². The molecule has 0 radical (unpaired) electrons. The van der Waals surface area contributed by atoms with Crippen molar-refractivity contribution in [2.75, 3.05) is 77.1 Å². The van der Waals surface area contributed by atoms with E-state index in [1.807, 2.05) is 18.2 Å². The molecule has 1 saturated heterocycles. The zero-order valence-corrected chi connectivity index (χ0v) is 22.0. The predicted molar refractivity (Wildman–Crippen MR) is 140 cm³/mol. The second kappa shape index (κ2) is 14.6. The molecule has 196 valence electrons. The first-order chi connectivity index (χ1) is 17.0. The van der Waals surface area contributed by atoms with Crippen LogP contribution in [0.15, 0.2) is 34.9 Å². The van der Waals surface area contributed by atoms with Crippen molar-refractivity contribution in [1.82, 2.24) is 15.0 Å². The highest BCUT2D eigenvalue weighted by atomic mass is 16.5. The standard InChI is InChI=1S/C27H44N4O4/c1-5-31(6-2)27-25(26(28-35-27)23-10-8-7-9-11-23)19-30(13-12-29-14-16-33-17-15-29)18-24(32)21-34-20-22(3)4/h7-11,22,24,32H,5-6,12-21H2,1-4H3/t24-/m0/s1. The van der Waals surface area contributed by atoms with Gasteiger partial charge >= 0.3 is 0 Å². The maximum absolute atomic E-state index is 10.8. The molecule has 2 aromatic rings. The molecule has 2 heterocycles. The third kappa shape index (κ3) is 8.58. The maximum Gasteiger partial charge on any atom is 0.232 e. The second-order valence-electron chi connectivity index (χ2n) is 9.63. The zero-order chi connectivity index (χ0) is 25.0. The van der Waals surface area contributed by atoms with Crippen LogP contribution in [0.3, 0.4) is 0 Å². The van der Waals surface area contributed by atoms with E-state index in [0.29, 0.717) is 32.2 Å². The SMILES string of the molecule is CCN(CC)c1onc(-c2ccccc2)c1CN(CCN1CCOCC1)C[C@H](O)COCC(C)C. The highest BCUT2D eigenvalue weighted by Gasteiger charge is 2.25. The van der Waals surface area contributed by atoms with Gasteiger partial charge in [-0.05, 0) is 19.8 Å². The monoisotopic (exact) mass is 488 g/mol. The van der Waals surface area contributed by atoms with E-state index in [1.54, 1.807) is 0 Å². The Kier molecular flexibility index (Phi) is 11.5. The average molecular weight is 489 g/mol. The van der Waals surface area contributed by atoms with Gasteiger partial charge in [-0.25, -0.2) is 0 Å². The first-order valence-electron chi connectivity index (χ1n) is 13.1. The van der Waals surface area contributed by atoms with Crippen LogP contribution < -0.4 is 4.90 Å². The molecule has 0 saturated carbocycles. The summed E-state index contributed by atoms with van der Waals surface area (Å²) in [6.07, 6.45) is -0.560. The Morgan fingerprint density at radius 2 is 1.80 bits per heavy atom. The first kappa shape index (κ1) is 27.6. The van der Waals surface area contributed by atoms with E-state index in [-0.39, 0.29) is 0 Å². The Morgan fingerprint density at radius 3 is 2.46 bits per heavy atom. The van der Waals surface area contributed by atoms with Crippen molar-refractivity contribution in [1.29, 1.82) is 0 Å². The molecule has 0 aliphatic carbocycles. The Bertz CT molecular complexity index is 835. The number of aromatic nitrogens is 1. The van der Waals surface area contributed by atoms with Crippen molar-refractivity contribution in [2.24, 2.45) is 5.92 Å². The van der Waals surface area contributed by atoms with Crippen molar-refractivity contribution in [2.45, 2.75) is 40.3 Å². The number of ether oxygens (including phenoxy) is 2. The number of morpholine rings is 1. The van der Waals surface area contributed by atoms with Crippen LogP contribution in [0.2, 0.25) is 0 Å². The van der Waals surface area contributed by atoms with Crippen molar-refractivity contribution >= 4 is 5.88 Å². The molecule has 0 bridgehead atoms. The number of aliphatic hydroxyl groups excluding tert-OH is 1. The van der Waals surface area contributed by atoms with Crippen LogP contribution in [0.5, 0.6) is 0 Å². The van der Waals surface area contributed by atoms with Crippen LogP contribution in [0.1, 0.15) is 33.3 Å². The minimum absolute atomic E-state index is 0.338. The fourth-order valence-electron chi connectivity index (χ4n) is 4.38. The Morgan fingerprint density at radius 1 is 1.09 bits per heavy atom. The van der Waals surface area contributed by atoms with Gasteiger partial charge in [-0.2, -0.15) is 0 Å². The lowest BCUT2D eigenvalue weighted by Gasteiger charge is -2.31. The molecule has 1 aliphatic rings. The summed E-state index contributed by atoms with van der Waals surface area (Å²) in [5.74, 6) is 1.26. The van der Waals surface area contributed by atoms with Gasteiger partial charge in [0.05, 0.1) is 31.5 Å². The van der Waals surface area contributed by atoms with Crippen LogP contribution >= 0.6 is 0 Å². The smallest absolute Gasteiger partial charge is 0.232 e. The Balaban J connectivity index is 1.81. The van der Waals surface area contributed by atoms with Gasteiger partial charge < -0.3 is 24.0 Å². The lowest BCUT2D eigenvalue weighted by atomic mass is 10.1. The molecule has 8 nitrogen and oxygen atoms in total. The molecular weight excluding hydrogens is 444 g/mol. The van der Waals surface area contributed by atoms with Crippen LogP contribution in [0, 0.1) is 5.92 Å². The summed E-state index contributed by atoms with van der Waals surface area (Å²) >= 11 is 0. The molecule has 8 heteroatoms. The maximum atomic E-state index is 10.8. The molecular formula is C27H44N4O4. The van der Waals surface area contributed by atoms with E-state index < -0.39 is 6.10 Å². The number of hydrogen-bond acceptors (Lipinski definition) is 8. The summed E-state index contributed by atoms with van der Waals surface area (Å²) in [6.45, 7) is 17.5. The molecule has 1 fully saturated rings. The van der Waals surface area contributed by atoms with Gasteiger partial charge in [0.25, 0.3) is 0 Å². The number of hydrogen-bond donors (Lipinski definition) is 1. The van der Waals surface area contributed by atoms with Crippen LogP contribution in [0.4, 0.5) is 5.88 Å². The summed E-state index contributed by atoms with van der Waals surface area (Å²) in [5.41, 5.74) is 2.98. The van der Waals surface area contributed by atoms with E-state index >= 15 is 0 Å². The highest BCUT2D eigenvalue weighted by Crippen LogP contribution is 2.32. The van der Waals surface area contributed by atoms with E-state index in [4.69, 9.17) is 14.0 Å². The quantitative estimate of drug-likeness (QED) is 0.409. The fourth-order valence-corrected chi connectivity index (χ4v) is 4.38. The number of nitrogens with zero attached hydrogens (tertiary/aromatic N) is 4. The van der Waals surface area contributed by atoms with Gasteiger partial charge in [0.15, 0.2) is 0 Å². The summed E-state index contributed by atoms with van der Waals surface area (Å²) < 4.78 is 17.2. The number of benzene rings is 1. The lowest BCUT2D eigenvalue weighted by molar-refractivity contribution is 0.000978. The van der Waals surface area contributed by atoms with Crippen LogP contribution in [0.25, 0.3) is 11.3 Å². The van der Waals surface area contributed by atoms with Gasteiger partial charge in [0, 0.05) is 64.5 Å². The first-order valence-corrected chi connectivity index (χ1v) is 13.1. The summed E-state index contributed by atoms with van der Waals surface area (Å²) in [6, 6.07) is 10.2. The molecule has 0 spiro atoms. The van der Waals surface area contributed by atoms with Gasteiger partial charge in [-0.1, -0.05) is 49.3 Å². The molecule has 35 heavy (non-hydrogen) atoms. The van der Waals surface area contributed by atoms with Crippen LogP contribution in [-0.4, -0.2) is 98.4 Å². The van der Waals surface area contributed by atoms with Crippen molar-refractivity contribution < 1.29 is 19.1 Å². The highest BCUT2D eigenvalue weighted by molar-refractivity contribution is 5.68. The molecule has 1 aromatic carbocycles. The minimum atomic E-state index is -0.560. The number of aliphatic hydroxyl groups is 1. The van der Waals surface area contributed by atoms with E-state index in [1.165, 1.54) is 0 Å². The summed E-state index contributed by atoms with van der Waals surface area (Å²) in [5, 5.41) is 15.3. The van der Waals surface area contributed by atoms with Crippen molar-refractivity contribution in [3.8, 4) is 11.3 Å². The van der Waals surface area contributed by atoms with Gasteiger partial charge in [0.1, 0.15) is 5.69 Å².